The number of rotatable bonds is 6. The Labute approximate surface area is 158 Å². The highest BCUT2D eigenvalue weighted by atomic mass is 16.5. The van der Waals surface area contributed by atoms with Crippen LogP contribution in [0.1, 0.15) is 36.1 Å². The number of fused-ring (bicyclic) bond motifs is 1. The van der Waals surface area contributed by atoms with Gasteiger partial charge in [0.25, 0.3) is 5.91 Å². The van der Waals surface area contributed by atoms with Crippen molar-refractivity contribution in [2.45, 2.75) is 32.4 Å². The first-order chi connectivity index (χ1) is 13.2. The van der Waals surface area contributed by atoms with Crippen molar-refractivity contribution in [3.63, 3.8) is 0 Å². The molecule has 3 aromatic rings. The molecule has 142 valence electrons. The molecule has 7 heteroatoms. The number of para-hydroxylation sites is 2. The number of aromatic nitrogens is 3. The summed E-state index contributed by atoms with van der Waals surface area (Å²) in [4.78, 5) is 21.2. The first-order valence-corrected chi connectivity index (χ1v) is 9.62. The molecule has 0 radical (unpaired) electrons. The third-order valence-electron chi connectivity index (χ3n) is 5.67. The van der Waals surface area contributed by atoms with Crippen molar-refractivity contribution in [2.24, 2.45) is 7.05 Å². The zero-order valence-corrected chi connectivity index (χ0v) is 15.9. The number of hydrogen-bond donors (Lipinski definition) is 1. The van der Waals surface area contributed by atoms with E-state index in [2.05, 4.69) is 16.6 Å². The summed E-state index contributed by atoms with van der Waals surface area (Å²) in [5, 5.41) is 3.70. The number of nitrogens with zero attached hydrogens (tertiary/aromatic N) is 4. The maximum atomic E-state index is 13.1. The Morgan fingerprint density at radius 3 is 2.96 bits per heavy atom. The molecule has 2 aromatic heterocycles. The normalized spacial score (nSPS) is 19.6. The minimum absolute atomic E-state index is 0.123. The molecule has 7 nitrogen and oxygen atoms in total. The Balaban J connectivity index is 1.62. The Kier molecular flexibility index (Phi) is 4.94. The number of benzene rings is 1. The summed E-state index contributed by atoms with van der Waals surface area (Å²) < 4.78 is 7.21. The van der Waals surface area contributed by atoms with E-state index < -0.39 is 0 Å². The average Bonchev–Trinajstić information content (AvgIpc) is 3.42. The second-order valence-electron chi connectivity index (χ2n) is 7.24. The molecule has 1 fully saturated rings. The number of amides is 1. The molecular weight excluding hydrogens is 342 g/mol. The van der Waals surface area contributed by atoms with Gasteiger partial charge in [-0.1, -0.05) is 17.3 Å². The van der Waals surface area contributed by atoms with E-state index in [-0.39, 0.29) is 11.7 Å². The summed E-state index contributed by atoms with van der Waals surface area (Å²) in [5.41, 5.74) is 2.02. The van der Waals surface area contributed by atoms with Gasteiger partial charge in [0.2, 0.25) is 5.76 Å². The molecule has 1 N–H and O–H groups in total. The maximum Gasteiger partial charge on any atom is 0.293 e. The summed E-state index contributed by atoms with van der Waals surface area (Å²) in [5.74, 6) is 1.03. The lowest BCUT2D eigenvalue weighted by Gasteiger charge is -2.27. The van der Waals surface area contributed by atoms with Crippen molar-refractivity contribution in [3.8, 4) is 0 Å². The Bertz CT molecular complexity index is 918. The molecule has 1 aliphatic heterocycles. The monoisotopic (exact) mass is 368 g/mol. The van der Waals surface area contributed by atoms with E-state index in [9.17, 15) is 4.79 Å². The van der Waals surface area contributed by atoms with Crippen LogP contribution in [0, 0.1) is 0 Å². The van der Waals surface area contributed by atoms with Crippen molar-refractivity contribution in [3.05, 3.63) is 48.1 Å². The maximum absolute atomic E-state index is 13.1. The number of nitrogens with one attached hydrogen (secondary N) is 1. The fourth-order valence-electron chi connectivity index (χ4n) is 4.14. The fourth-order valence-corrected chi connectivity index (χ4v) is 4.14. The van der Waals surface area contributed by atoms with Crippen molar-refractivity contribution in [1.82, 2.24) is 19.6 Å². The van der Waals surface area contributed by atoms with Crippen LogP contribution in [0.2, 0.25) is 0 Å². The number of likely N-dealkylation sites (N-methyl/N-ethyl adjacent to an activating group) is 1. The van der Waals surface area contributed by atoms with Crippen LogP contribution in [-0.2, 0) is 13.6 Å². The van der Waals surface area contributed by atoms with Gasteiger partial charge < -0.3 is 18.9 Å². The second-order valence-corrected chi connectivity index (χ2v) is 7.24. The zero-order chi connectivity index (χ0) is 18.8. The van der Waals surface area contributed by atoms with Crippen LogP contribution in [0.25, 0.3) is 11.0 Å². The van der Waals surface area contributed by atoms with Gasteiger partial charge in [0.1, 0.15) is 11.9 Å². The highest BCUT2D eigenvalue weighted by Crippen LogP contribution is 2.17. The Hall–Kier alpha value is -2.67. The van der Waals surface area contributed by atoms with Crippen LogP contribution in [0.4, 0.5) is 0 Å². The third kappa shape index (κ3) is 3.47. The van der Waals surface area contributed by atoms with Crippen molar-refractivity contribution in [2.75, 3.05) is 19.6 Å². The number of carbonyl (C=O) groups is 1. The van der Waals surface area contributed by atoms with Gasteiger partial charge in [0.15, 0.2) is 0 Å². The molecule has 1 saturated heterocycles. The topological polar surface area (TPSA) is 68.6 Å². The van der Waals surface area contributed by atoms with Gasteiger partial charge in [-0.3, -0.25) is 4.79 Å². The van der Waals surface area contributed by atoms with Crippen molar-refractivity contribution >= 4 is 16.9 Å². The predicted octanol–water partition coefficient (Wildman–Crippen LogP) is 1.27. The van der Waals surface area contributed by atoms with Gasteiger partial charge >= 0.3 is 0 Å². The Morgan fingerprint density at radius 2 is 2.22 bits per heavy atom. The number of hydrogen-bond acceptors (Lipinski definition) is 4. The first-order valence-electron chi connectivity index (χ1n) is 9.62. The minimum atomic E-state index is -0.123. The molecule has 0 bridgehead atoms. The highest BCUT2D eigenvalue weighted by molar-refractivity contribution is 5.91. The van der Waals surface area contributed by atoms with E-state index in [0.29, 0.717) is 19.1 Å². The molecule has 4 rings (SSSR count). The van der Waals surface area contributed by atoms with Crippen LogP contribution in [0.5, 0.6) is 0 Å². The second kappa shape index (κ2) is 7.52. The van der Waals surface area contributed by atoms with E-state index in [1.54, 1.807) is 11.0 Å². The van der Waals surface area contributed by atoms with Gasteiger partial charge in [0, 0.05) is 26.0 Å². The summed E-state index contributed by atoms with van der Waals surface area (Å²) in [6, 6.07) is 10.1. The lowest BCUT2D eigenvalue weighted by molar-refractivity contribution is -0.909. The SMILES string of the molecule is CC[NH+]1CCC[C@H]1CN(Cc1nc2ccccc2n1C)C(=O)c1ccno1. The molecule has 27 heavy (non-hydrogen) atoms. The number of likely N-dealkylation sites (tertiary alicyclic amines) is 1. The van der Waals surface area contributed by atoms with E-state index >= 15 is 0 Å². The average molecular weight is 368 g/mol. The summed E-state index contributed by atoms with van der Waals surface area (Å²) in [6.07, 6.45) is 3.87. The van der Waals surface area contributed by atoms with Gasteiger partial charge in [-0.05, 0) is 19.1 Å². The molecule has 1 unspecified atom stereocenters. The Morgan fingerprint density at radius 1 is 1.37 bits per heavy atom. The quantitative estimate of drug-likeness (QED) is 0.712. The number of aryl methyl sites for hydroxylation is 1. The summed E-state index contributed by atoms with van der Waals surface area (Å²) in [7, 11) is 2.00. The molecule has 0 spiro atoms. The lowest BCUT2D eigenvalue weighted by Crippen LogP contribution is -3.14. The molecule has 1 aliphatic rings. The van der Waals surface area contributed by atoms with Gasteiger partial charge in [-0.15, -0.1) is 0 Å². The minimum Gasteiger partial charge on any atom is -0.351 e. The predicted molar refractivity (Wildman–Crippen MR) is 101 cm³/mol. The molecule has 2 atom stereocenters. The molecular formula is C20H26N5O2+. The third-order valence-corrected chi connectivity index (χ3v) is 5.67. The molecule has 0 aliphatic carbocycles. The highest BCUT2D eigenvalue weighted by Gasteiger charge is 2.32. The molecule has 3 heterocycles. The number of carbonyl (C=O) groups excluding carboxylic acids is 1. The van der Waals surface area contributed by atoms with Gasteiger partial charge in [-0.25, -0.2) is 4.98 Å². The van der Waals surface area contributed by atoms with E-state index in [4.69, 9.17) is 9.51 Å². The molecule has 1 amide bonds. The number of imidazole rings is 1. The smallest absolute Gasteiger partial charge is 0.293 e. The fraction of sp³-hybridized carbons (Fsp3) is 0.450. The zero-order valence-electron chi connectivity index (χ0n) is 15.9. The lowest BCUT2D eigenvalue weighted by atomic mass is 10.2. The first kappa shape index (κ1) is 17.7. The van der Waals surface area contributed by atoms with Crippen molar-refractivity contribution in [1.29, 1.82) is 0 Å². The summed E-state index contributed by atoms with van der Waals surface area (Å²) >= 11 is 0. The largest absolute Gasteiger partial charge is 0.351 e. The van der Waals surface area contributed by atoms with Crippen LogP contribution in [0.3, 0.4) is 0 Å². The van der Waals surface area contributed by atoms with Gasteiger partial charge in [-0.2, -0.15) is 0 Å². The number of quaternary nitrogens is 1. The van der Waals surface area contributed by atoms with Crippen LogP contribution >= 0.6 is 0 Å². The van der Waals surface area contributed by atoms with Crippen LogP contribution in [-0.4, -0.2) is 51.2 Å². The van der Waals surface area contributed by atoms with Crippen molar-refractivity contribution < 1.29 is 14.2 Å². The molecule has 1 aromatic carbocycles. The van der Waals surface area contributed by atoms with E-state index in [0.717, 1.165) is 29.8 Å². The van der Waals surface area contributed by atoms with E-state index in [1.807, 2.05) is 36.2 Å². The van der Waals surface area contributed by atoms with E-state index in [1.165, 1.54) is 19.2 Å². The molecule has 0 saturated carbocycles. The standard InChI is InChI=1S/C20H25N5O2/c1-3-24-12-6-7-15(24)13-25(20(26)18-10-11-21-27-18)14-19-22-16-8-4-5-9-17(16)23(19)2/h4-5,8-11,15H,3,6-7,12-14H2,1-2H3/p+1/t15-/m0/s1. The summed E-state index contributed by atoms with van der Waals surface area (Å²) in [6.45, 7) is 5.63. The van der Waals surface area contributed by atoms with Crippen LogP contribution in [0.15, 0.2) is 41.1 Å². The van der Waals surface area contributed by atoms with Crippen LogP contribution < -0.4 is 4.90 Å². The van der Waals surface area contributed by atoms with Gasteiger partial charge in [0.05, 0.1) is 43.4 Å².